The second-order valence-corrected chi connectivity index (χ2v) is 6.41. The highest BCUT2D eigenvalue weighted by atomic mass is 16.5. The average molecular weight is 329 g/mol. The van der Waals surface area contributed by atoms with Crippen LogP contribution in [-0.4, -0.2) is 65.7 Å². The number of carbonyl (C=O) groups excluding carboxylic acids is 1. The van der Waals surface area contributed by atoms with Gasteiger partial charge in [-0.15, -0.1) is 0 Å². The minimum Gasteiger partial charge on any atom is -0.484 e. The first-order chi connectivity index (χ1) is 11.7. The topological polar surface area (TPSA) is 76.8 Å². The zero-order chi connectivity index (χ0) is 16.9. The fourth-order valence-corrected chi connectivity index (χ4v) is 3.51. The van der Waals surface area contributed by atoms with Crippen molar-refractivity contribution >= 4 is 5.91 Å². The molecule has 1 aromatic carbocycles. The lowest BCUT2D eigenvalue weighted by Crippen LogP contribution is -2.54. The molecule has 1 aliphatic carbocycles. The molecule has 2 aliphatic rings. The lowest BCUT2D eigenvalue weighted by atomic mass is 10.1. The maximum absolute atomic E-state index is 12.3. The van der Waals surface area contributed by atoms with Gasteiger partial charge in [0.2, 0.25) is 0 Å². The summed E-state index contributed by atoms with van der Waals surface area (Å²) in [6.07, 6.45) is 2.81. The van der Waals surface area contributed by atoms with Crippen molar-refractivity contribution in [1.29, 1.82) is 5.26 Å². The summed E-state index contributed by atoms with van der Waals surface area (Å²) in [5, 5.41) is 18.8. The molecule has 0 radical (unpaired) electrons. The molecule has 1 saturated heterocycles. The van der Waals surface area contributed by atoms with E-state index in [1.807, 2.05) is 11.0 Å². The molecule has 6 heteroatoms. The number of hydrogen-bond donors (Lipinski definition) is 1. The zero-order valence-electron chi connectivity index (χ0n) is 13.7. The Balaban J connectivity index is 1.44. The SMILES string of the molecule is N#Cc1ccc(OCC(=O)N2CCN([C@@H]3CCC[C@@H]3O)CC2)cc1. The van der Waals surface area contributed by atoms with Crippen LogP contribution in [0.3, 0.4) is 0 Å². The summed E-state index contributed by atoms with van der Waals surface area (Å²) in [6, 6.07) is 9.05. The molecular formula is C18H23N3O3. The van der Waals surface area contributed by atoms with Gasteiger partial charge in [0.25, 0.3) is 5.91 Å². The van der Waals surface area contributed by atoms with Crippen LogP contribution in [0.2, 0.25) is 0 Å². The van der Waals surface area contributed by atoms with Gasteiger partial charge in [-0.2, -0.15) is 5.26 Å². The summed E-state index contributed by atoms with van der Waals surface area (Å²) in [4.78, 5) is 16.4. The third kappa shape index (κ3) is 3.86. The second kappa shape index (κ2) is 7.65. The van der Waals surface area contributed by atoms with E-state index in [0.717, 1.165) is 32.4 Å². The quantitative estimate of drug-likeness (QED) is 0.891. The van der Waals surface area contributed by atoms with Gasteiger partial charge < -0.3 is 14.7 Å². The summed E-state index contributed by atoms with van der Waals surface area (Å²) in [5.41, 5.74) is 0.568. The lowest BCUT2D eigenvalue weighted by Gasteiger charge is -2.39. The van der Waals surface area contributed by atoms with Crippen LogP contribution in [0.4, 0.5) is 0 Å². The van der Waals surface area contributed by atoms with Crippen LogP contribution in [0.5, 0.6) is 5.75 Å². The smallest absolute Gasteiger partial charge is 0.260 e. The lowest BCUT2D eigenvalue weighted by molar-refractivity contribution is -0.135. The molecule has 1 heterocycles. The van der Waals surface area contributed by atoms with Gasteiger partial charge in [0.1, 0.15) is 5.75 Å². The Hall–Kier alpha value is -2.10. The third-order valence-electron chi connectivity index (χ3n) is 4.93. The normalized spacial score (nSPS) is 24.6. The second-order valence-electron chi connectivity index (χ2n) is 6.41. The average Bonchev–Trinajstić information content (AvgIpc) is 3.06. The first-order valence-corrected chi connectivity index (χ1v) is 8.50. The van der Waals surface area contributed by atoms with E-state index in [1.165, 1.54) is 0 Å². The number of aliphatic hydroxyl groups is 1. The number of ether oxygens (including phenoxy) is 1. The van der Waals surface area contributed by atoms with Crippen molar-refractivity contribution in [2.24, 2.45) is 0 Å². The van der Waals surface area contributed by atoms with Gasteiger partial charge in [0.15, 0.2) is 6.61 Å². The van der Waals surface area contributed by atoms with Crippen LogP contribution in [-0.2, 0) is 4.79 Å². The van der Waals surface area contributed by atoms with Gasteiger partial charge in [-0.05, 0) is 43.5 Å². The van der Waals surface area contributed by atoms with Gasteiger partial charge >= 0.3 is 0 Å². The van der Waals surface area contributed by atoms with Crippen molar-refractivity contribution in [3.63, 3.8) is 0 Å². The molecule has 1 saturated carbocycles. The highest BCUT2D eigenvalue weighted by Gasteiger charge is 2.33. The largest absolute Gasteiger partial charge is 0.484 e. The van der Waals surface area contributed by atoms with E-state index in [1.54, 1.807) is 24.3 Å². The third-order valence-corrected chi connectivity index (χ3v) is 4.93. The van der Waals surface area contributed by atoms with Crippen LogP contribution in [0.15, 0.2) is 24.3 Å². The summed E-state index contributed by atoms with van der Waals surface area (Å²) in [7, 11) is 0. The Morgan fingerprint density at radius 3 is 2.50 bits per heavy atom. The summed E-state index contributed by atoms with van der Waals surface area (Å²) >= 11 is 0. The molecule has 1 aromatic rings. The fourth-order valence-electron chi connectivity index (χ4n) is 3.51. The monoisotopic (exact) mass is 329 g/mol. The van der Waals surface area contributed by atoms with E-state index in [2.05, 4.69) is 4.90 Å². The number of amides is 1. The molecule has 128 valence electrons. The molecule has 0 bridgehead atoms. The predicted molar refractivity (Wildman–Crippen MR) is 88.5 cm³/mol. The Morgan fingerprint density at radius 2 is 1.92 bits per heavy atom. The standard InChI is InChI=1S/C18H23N3O3/c19-12-14-4-6-15(7-5-14)24-13-18(23)21-10-8-20(9-11-21)16-2-1-3-17(16)22/h4-7,16-17,22H,1-3,8-11,13H2/t16-,17+/m1/s1. The van der Waals surface area contributed by atoms with Crippen molar-refractivity contribution in [2.75, 3.05) is 32.8 Å². The van der Waals surface area contributed by atoms with E-state index in [-0.39, 0.29) is 24.7 Å². The molecule has 3 rings (SSSR count). The molecule has 0 aromatic heterocycles. The van der Waals surface area contributed by atoms with Crippen LogP contribution >= 0.6 is 0 Å². The highest BCUT2D eigenvalue weighted by molar-refractivity contribution is 5.77. The minimum atomic E-state index is -0.216. The van der Waals surface area contributed by atoms with Gasteiger partial charge in [-0.25, -0.2) is 0 Å². The van der Waals surface area contributed by atoms with Crippen LogP contribution in [0.25, 0.3) is 0 Å². The molecular weight excluding hydrogens is 306 g/mol. The number of benzene rings is 1. The van der Waals surface area contributed by atoms with Crippen molar-refractivity contribution < 1.29 is 14.6 Å². The summed E-state index contributed by atoms with van der Waals surface area (Å²) < 4.78 is 5.51. The van der Waals surface area contributed by atoms with Crippen molar-refractivity contribution in [3.05, 3.63) is 29.8 Å². The number of aliphatic hydroxyl groups excluding tert-OH is 1. The van der Waals surface area contributed by atoms with E-state index < -0.39 is 0 Å². The summed E-state index contributed by atoms with van der Waals surface area (Å²) in [6.45, 7) is 2.99. The number of nitrogens with zero attached hydrogens (tertiary/aromatic N) is 3. The summed E-state index contributed by atoms with van der Waals surface area (Å²) in [5.74, 6) is 0.570. The molecule has 0 unspecified atom stereocenters. The maximum atomic E-state index is 12.3. The van der Waals surface area contributed by atoms with Gasteiger partial charge in [-0.1, -0.05) is 0 Å². The molecule has 1 aliphatic heterocycles. The van der Waals surface area contributed by atoms with Gasteiger partial charge in [-0.3, -0.25) is 9.69 Å². The van der Waals surface area contributed by atoms with Crippen molar-refractivity contribution in [2.45, 2.75) is 31.4 Å². The van der Waals surface area contributed by atoms with E-state index in [4.69, 9.17) is 10.00 Å². The number of rotatable bonds is 4. The van der Waals surface area contributed by atoms with E-state index >= 15 is 0 Å². The zero-order valence-corrected chi connectivity index (χ0v) is 13.7. The molecule has 2 fully saturated rings. The first kappa shape index (κ1) is 16.7. The highest BCUT2D eigenvalue weighted by Crippen LogP contribution is 2.25. The Labute approximate surface area is 142 Å². The Morgan fingerprint density at radius 1 is 1.21 bits per heavy atom. The van der Waals surface area contributed by atoms with Gasteiger partial charge in [0, 0.05) is 32.2 Å². The molecule has 1 amide bonds. The number of nitriles is 1. The van der Waals surface area contributed by atoms with Crippen molar-refractivity contribution in [3.8, 4) is 11.8 Å². The number of piperazine rings is 1. The van der Waals surface area contributed by atoms with E-state index in [9.17, 15) is 9.90 Å². The Kier molecular flexibility index (Phi) is 5.34. The molecule has 1 N–H and O–H groups in total. The number of hydrogen-bond acceptors (Lipinski definition) is 5. The molecule has 2 atom stereocenters. The van der Waals surface area contributed by atoms with Crippen LogP contribution in [0, 0.1) is 11.3 Å². The Bertz CT molecular complexity index is 603. The molecule has 0 spiro atoms. The molecule has 6 nitrogen and oxygen atoms in total. The van der Waals surface area contributed by atoms with Crippen LogP contribution in [0.1, 0.15) is 24.8 Å². The maximum Gasteiger partial charge on any atom is 0.260 e. The number of carbonyl (C=O) groups is 1. The van der Waals surface area contributed by atoms with Crippen LogP contribution < -0.4 is 4.74 Å². The minimum absolute atomic E-state index is 0.0119. The van der Waals surface area contributed by atoms with Crippen molar-refractivity contribution in [1.82, 2.24) is 9.80 Å². The van der Waals surface area contributed by atoms with E-state index in [0.29, 0.717) is 24.4 Å². The van der Waals surface area contributed by atoms with Gasteiger partial charge in [0.05, 0.1) is 17.7 Å². The first-order valence-electron chi connectivity index (χ1n) is 8.50. The predicted octanol–water partition coefficient (Wildman–Crippen LogP) is 0.995. The fraction of sp³-hybridized carbons (Fsp3) is 0.556. The molecule has 24 heavy (non-hydrogen) atoms.